The minimum atomic E-state index is 0.143. The van der Waals surface area contributed by atoms with Crippen molar-refractivity contribution >= 4 is 11.3 Å². The van der Waals surface area contributed by atoms with Crippen LogP contribution in [0, 0.1) is 0 Å². The standard InChI is InChI=1S/C17H23N3O2S/c21-7-6-20-15-12-19(10-13(15)9-18-20)11-14-4-5-17(23-14)16-3-1-2-8-22-16/h4-5,9,16,21H,1-3,6-8,10-12H2/t16-/m0/s1. The largest absolute Gasteiger partial charge is 0.394 e. The summed E-state index contributed by atoms with van der Waals surface area (Å²) in [7, 11) is 0. The van der Waals surface area contributed by atoms with Gasteiger partial charge in [-0.3, -0.25) is 9.58 Å². The second kappa shape index (κ2) is 6.73. The van der Waals surface area contributed by atoms with E-state index in [4.69, 9.17) is 9.84 Å². The normalized spacial score (nSPS) is 21.7. The maximum Gasteiger partial charge on any atom is 0.0916 e. The molecule has 1 atom stereocenters. The van der Waals surface area contributed by atoms with E-state index in [9.17, 15) is 0 Å². The first-order chi connectivity index (χ1) is 11.3. The van der Waals surface area contributed by atoms with Crippen molar-refractivity contribution in [3.05, 3.63) is 39.3 Å². The molecule has 0 bridgehead atoms. The topological polar surface area (TPSA) is 50.5 Å². The number of thiophene rings is 1. The van der Waals surface area contributed by atoms with Gasteiger partial charge in [-0.15, -0.1) is 11.3 Å². The second-order valence-corrected chi connectivity index (χ2v) is 7.57. The van der Waals surface area contributed by atoms with Crippen LogP contribution in [0.1, 0.15) is 46.4 Å². The molecule has 0 aromatic carbocycles. The number of hydrogen-bond donors (Lipinski definition) is 1. The van der Waals surface area contributed by atoms with Gasteiger partial charge in [0.1, 0.15) is 0 Å². The quantitative estimate of drug-likeness (QED) is 0.914. The van der Waals surface area contributed by atoms with Crippen molar-refractivity contribution in [3.8, 4) is 0 Å². The molecule has 6 heteroatoms. The Kier molecular flexibility index (Phi) is 4.48. The van der Waals surface area contributed by atoms with Crippen LogP contribution in [-0.4, -0.2) is 33.0 Å². The Labute approximate surface area is 140 Å². The van der Waals surface area contributed by atoms with Crippen LogP contribution in [0.2, 0.25) is 0 Å². The molecular weight excluding hydrogens is 310 g/mol. The Morgan fingerprint density at radius 2 is 2.26 bits per heavy atom. The number of aliphatic hydroxyl groups excluding tert-OH is 1. The third kappa shape index (κ3) is 3.21. The van der Waals surface area contributed by atoms with Gasteiger partial charge in [-0.2, -0.15) is 5.10 Å². The summed E-state index contributed by atoms with van der Waals surface area (Å²) in [5.41, 5.74) is 2.55. The van der Waals surface area contributed by atoms with E-state index in [0.717, 1.165) is 32.7 Å². The average Bonchev–Trinajstić information content (AvgIpc) is 3.27. The summed E-state index contributed by atoms with van der Waals surface area (Å²) in [4.78, 5) is 5.22. The summed E-state index contributed by atoms with van der Waals surface area (Å²) >= 11 is 1.89. The van der Waals surface area contributed by atoms with Gasteiger partial charge in [0.2, 0.25) is 0 Å². The minimum Gasteiger partial charge on any atom is -0.394 e. The summed E-state index contributed by atoms with van der Waals surface area (Å²) in [6, 6.07) is 4.49. The monoisotopic (exact) mass is 333 g/mol. The smallest absolute Gasteiger partial charge is 0.0916 e. The lowest BCUT2D eigenvalue weighted by molar-refractivity contribution is 0.0172. The van der Waals surface area contributed by atoms with Crippen LogP contribution < -0.4 is 0 Å². The number of fused-ring (bicyclic) bond motifs is 1. The molecular formula is C17H23N3O2S. The minimum absolute atomic E-state index is 0.143. The molecule has 0 saturated carbocycles. The zero-order valence-corrected chi connectivity index (χ0v) is 14.1. The van der Waals surface area contributed by atoms with Crippen molar-refractivity contribution in [2.45, 2.75) is 51.5 Å². The fourth-order valence-electron chi connectivity index (χ4n) is 3.51. The molecule has 0 aliphatic carbocycles. The fraction of sp³-hybridized carbons (Fsp3) is 0.588. The molecule has 2 aliphatic heterocycles. The first-order valence-electron chi connectivity index (χ1n) is 8.40. The van der Waals surface area contributed by atoms with Crippen LogP contribution in [0.3, 0.4) is 0 Å². The van der Waals surface area contributed by atoms with Gasteiger partial charge in [-0.25, -0.2) is 0 Å². The van der Waals surface area contributed by atoms with Crippen molar-refractivity contribution in [3.63, 3.8) is 0 Å². The molecule has 2 aliphatic rings. The molecule has 0 spiro atoms. The molecule has 0 radical (unpaired) electrons. The van der Waals surface area contributed by atoms with Crippen LogP contribution >= 0.6 is 11.3 Å². The molecule has 5 nitrogen and oxygen atoms in total. The van der Waals surface area contributed by atoms with E-state index in [1.54, 1.807) is 0 Å². The van der Waals surface area contributed by atoms with Gasteiger partial charge >= 0.3 is 0 Å². The maximum absolute atomic E-state index is 9.11. The molecule has 2 aromatic rings. The number of rotatable bonds is 5. The summed E-state index contributed by atoms with van der Waals surface area (Å²) in [6.07, 6.45) is 5.90. The lowest BCUT2D eigenvalue weighted by Crippen LogP contribution is -2.17. The predicted molar refractivity (Wildman–Crippen MR) is 89.1 cm³/mol. The van der Waals surface area contributed by atoms with Crippen LogP contribution in [0.15, 0.2) is 18.3 Å². The summed E-state index contributed by atoms with van der Waals surface area (Å²) in [5.74, 6) is 0. The Bertz CT molecular complexity index is 661. The highest BCUT2D eigenvalue weighted by Gasteiger charge is 2.24. The second-order valence-electron chi connectivity index (χ2n) is 6.37. The molecule has 0 amide bonds. The SMILES string of the molecule is OCCn1ncc2c1CN(Cc1ccc([C@@H]3CCCCO3)s1)C2. The molecule has 1 saturated heterocycles. The van der Waals surface area contributed by atoms with Crippen molar-refractivity contribution < 1.29 is 9.84 Å². The molecule has 1 fully saturated rings. The Morgan fingerprint density at radius 1 is 1.30 bits per heavy atom. The number of nitrogens with zero attached hydrogens (tertiary/aromatic N) is 3. The van der Waals surface area contributed by atoms with Crippen molar-refractivity contribution in [2.24, 2.45) is 0 Å². The molecule has 4 rings (SSSR count). The molecule has 1 N–H and O–H groups in total. The highest BCUT2D eigenvalue weighted by Crippen LogP contribution is 2.34. The van der Waals surface area contributed by atoms with Crippen molar-refractivity contribution in [2.75, 3.05) is 13.2 Å². The number of aliphatic hydroxyl groups is 1. The van der Waals surface area contributed by atoms with Gasteiger partial charge in [0.05, 0.1) is 31.1 Å². The molecule has 2 aromatic heterocycles. The van der Waals surface area contributed by atoms with E-state index in [-0.39, 0.29) is 6.61 Å². The maximum atomic E-state index is 9.11. The molecule has 23 heavy (non-hydrogen) atoms. The van der Waals surface area contributed by atoms with E-state index in [1.165, 1.54) is 33.9 Å². The lowest BCUT2D eigenvalue weighted by Gasteiger charge is -2.21. The van der Waals surface area contributed by atoms with Crippen LogP contribution in [-0.2, 0) is 30.9 Å². The van der Waals surface area contributed by atoms with Gasteiger partial charge in [0.15, 0.2) is 0 Å². The Balaban J connectivity index is 1.39. The Hall–Kier alpha value is -1.21. The van der Waals surface area contributed by atoms with Gasteiger partial charge in [0, 0.05) is 41.6 Å². The van der Waals surface area contributed by atoms with E-state index in [2.05, 4.69) is 22.1 Å². The summed E-state index contributed by atoms with van der Waals surface area (Å²) in [5, 5.41) is 13.5. The molecule has 4 heterocycles. The van der Waals surface area contributed by atoms with Crippen molar-refractivity contribution in [1.29, 1.82) is 0 Å². The highest BCUT2D eigenvalue weighted by molar-refractivity contribution is 7.12. The van der Waals surface area contributed by atoms with Crippen molar-refractivity contribution in [1.82, 2.24) is 14.7 Å². The predicted octanol–water partition coefficient (Wildman–Crippen LogP) is 2.69. The van der Waals surface area contributed by atoms with E-state index in [0.29, 0.717) is 12.6 Å². The molecule has 124 valence electrons. The Morgan fingerprint density at radius 3 is 3.09 bits per heavy atom. The first kappa shape index (κ1) is 15.3. The summed E-state index contributed by atoms with van der Waals surface area (Å²) in [6.45, 7) is 4.48. The van der Waals surface area contributed by atoms with Gasteiger partial charge in [-0.05, 0) is 31.4 Å². The average molecular weight is 333 g/mol. The number of hydrogen-bond acceptors (Lipinski definition) is 5. The zero-order valence-electron chi connectivity index (χ0n) is 13.3. The highest BCUT2D eigenvalue weighted by atomic mass is 32.1. The van der Waals surface area contributed by atoms with Gasteiger partial charge < -0.3 is 9.84 Å². The van der Waals surface area contributed by atoms with Gasteiger partial charge in [0.25, 0.3) is 0 Å². The van der Waals surface area contributed by atoms with E-state index >= 15 is 0 Å². The number of ether oxygens (including phenoxy) is 1. The van der Waals surface area contributed by atoms with E-state index < -0.39 is 0 Å². The fourth-order valence-corrected chi connectivity index (χ4v) is 4.65. The third-order valence-corrected chi connectivity index (χ3v) is 5.84. The van der Waals surface area contributed by atoms with E-state index in [1.807, 2.05) is 22.2 Å². The third-order valence-electron chi connectivity index (χ3n) is 4.67. The van der Waals surface area contributed by atoms with Crippen LogP contribution in [0.25, 0.3) is 0 Å². The molecule has 0 unspecified atom stereocenters. The lowest BCUT2D eigenvalue weighted by atomic mass is 10.1. The van der Waals surface area contributed by atoms with Crippen LogP contribution in [0.4, 0.5) is 0 Å². The first-order valence-corrected chi connectivity index (χ1v) is 9.22. The number of aromatic nitrogens is 2. The zero-order chi connectivity index (χ0) is 15.6. The van der Waals surface area contributed by atoms with Crippen LogP contribution in [0.5, 0.6) is 0 Å². The summed E-state index contributed by atoms with van der Waals surface area (Å²) < 4.78 is 7.83. The van der Waals surface area contributed by atoms with Gasteiger partial charge in [-0.1, -0.05) is 0 Å².